The van der Waals surface area contributed by atoms with E-state index in [1.807, 2.05) is 19.2 Å². The normalized spacial score (nSPS) is 17.4. The van der Waals surface area contributed by atoms with E-state index in [9.17, 15) is 0 Å². The Hall–Kier alpha value is -1.75. The molecule has 0 bridgehead atoms. The molecular formula is C19H32N4O. The van der Waals surface area contributed by atoms with E-state index in [0.29, 0.717) is 12.0 Å². The fourth-order valence-corrected chi connectivity index (χ4v) is 2.90. The molecule has 2 rings (SSSR count). The third-order valence-corrected chi connectivity index (χ3v) is 4.35. The van der Waals surface area contributed by atoms with Gasteiger partial charge in [0, 0.05) is 33.2 Å². The molecule has 1 aliphatic heterocycles. The van der Waals surface area contributed by atoms with Crippen LogP contribution in [0.25, 0.3) is 0 Å². The monoisotopic (exact) mass is 332 g/mol. The van der Waals surface area contributed by atoms with Crippen LogP contribution in [0.1, 0.15) is 25.8 Å². The van der Waals surface area contributed by atoms with Gasteiger partial charge in [-0.15, -0.1) is 0 Å². The molecular weight excluding hydrogens is 300 g/mol. The van der Waals surface area contributed by atoms with Crippen LogP contribution < -0.4 is 10.1 Å². The Morgan fingerprint density at radius 3 is 2.79 bits per heavy atom. The van der Waals surface area contributed by atoms with Crippen molar-refractivity contribution in [3.8, 4) is 5.75 Å². The third kappa shape index (κ3) is 5.71. The zero-order chi connectivity index (χ0) is 17.6. The molecule has 1 fully saturated rings. The molecule has 134 valence electrons. The summed E-state index contributed by atoms with van der Waals surface area (Å²) in [6, 6.07) is 8.28. The maximum absolute atomic E-state index is 5.81. The average Bonchev–Trinajstić information content (AvgIpc) is 2.88. The maximum atomic E-state index is 5.81. The van der Waals surface area contributed by atoms with Crippen molar-refractivity contribution in [2.24, 2.45) is 10.4 Å². The lowest BCUT2D eigenvalue weighted by Crippen LogP contribution is -2.40. The lowest BCUT2D eigenvalue weighted by atomic mass is 9.93. The smallest absolute Gasteiger partial charge is 0.193 e. The second kappa shape index (κ2) is 8.38. The highest BCUT2D eigenvalue weighted by Gasteiger charge is 2.30. The fraction of sp³-hybridized carbons (Fsp3) is 0.632. The number of hydrogen-bond acceptors (Lipinski definition) is 3. The highest BCUT2D eigenvalue weighted by Crippen LogP contribution is 2.28. The summed E-state index contributed by atoms with van der Waals surface area (Å²) < 4.78 is 5.81. The minimum atomic E-state index is 0.373. The van der Waals surface area contributed by atoms with Crippen molar-refractivity contribution in [1.82, 2.24) is 15.1 Å². The number of hydrogen-bond donors (Lipinski definition) is 1. The van der Waals surface area contributed by atoms with Crippen LogP contribution in [0.2, 0.25) is 0 Å². The van der Waals surface area contributed by atoms with E-state index in [4.69, 9.17) is 4.74 Å². The molecule has 1 aromatic carbocycles. The second-order valence-electron chi connectivity index (χ2n) is 7.54. The SMILES string of the molecule is CN=C(NCc1cccc(OCCN(C)C)c1)N1CCC(C)(C)C1. The van der Waals surface area contributed by atoms with Crippen molar-refractivity contribution < 1.29 is 4.74 Å². The highest BCUT2D eigenvalue weighted by molar-refractivity contribution is 5.80. The van der Waals surface area contributed by atoms with E-state index in [1.165, 1.54) is 12.0 Å². The molecule has 0 amide bonds. The lowest BCUT2D eigenvalue weighted by molar-refractivity contribution is 0.261. The molecule has 0 spiro atoms. The fourth-order valence-electron chi connectivity index (χ4n) is 2.90. The molecule has 0 radical (unpaired) electrons. The average molecular weight is 332 g/mol. The Balaban J connectivity index is 1.87. The molecule has 1 heterocycles. The van der Waals surface area contributed by atoms with E-state index < -0.39 is 0 Å². The Labute approximate surface area is 146 Å². The quantitative estimate of drug-likeness (QED) is 0.642. The van der Waals surface area contributed by atoms with Crippen LogP contribution >= 0.6 is 0 Å². The summed E-state index contributed by atoms with van der Waals surface area (Å²) in [6.07, 6.45) is 1.21. The summed E-state index contributed by atoms with van der Waals surface area (Å²) in [7, 11) is 5.96. The summed E-state index contributed by atoms with van der Waals surface area (Å²) in [5.41, 5.74) is 1.58. The van der Waals surface area contributed by atoms with Gasteiger partial charge in [-0.05, 0) is 43.6 Å². The van der Waals surface area contributed by atoms with Crippen LogP contribution in [-0.4, -0.2) is 63.1 Å². The van der Waals surface area contributed by atoms with E-state index in [1.54, 1.807) is 0 Å². The van der Waals surface area contributed by atoms with Crippen molar-refractivity contribution in [3.63, 3.8) is 0 Å². The largest absolute Gasteiger partial charge is 0.492 e. The van der Waals surface area contributed by atoms with Gasteiger partial charge in [-0.2, -0.15) is 0 Å². The van der Waals surface area contributed by atoms with Crippen molar-refractivity contribution in [1.29, 1.82) is 0 Å². The van der Waals surface area contributed by atoms with Gasteiger partial charge in [0.15, 0.2) is 5.96 Å². The van der Waals surface area contributed by atoms with Crippen molar-refractivity contribution in [2.45, 2.75) is 26.8 Å². The Morgan fingerprint density at radius 1 is 1.38 bits per heavy atom. The Morgan fingerprint density at radius 2 is 2.17 bits per heavy atom. The summed E-state index contributed by atoms with van der Waals surface area (Å²) in [5.74, 6) is 1.91. The molecule has 24 heavy (non-hydrogen) atoms. The summed E-state index contributed by atoms with van der Waals surface area (Å²) in [6.45, 7) is 9.13. The zero-order valence-corrected chi connectivity index (χ0v) is 15.8. The Bertz CT molecular complexity index is 554. The van der Waals surface area contributed by atoms with E-state index >= 15 is 0 Å². The topological polar surface area (TPSA) is 40.1 Å². The first-order valence-corrected chi connectivity index (χ1v) is 8.72. The molecule has 0 unspecified atom stereocenters. The minimum absolute atomic E-state index is 0.373. The minimum Gasteiger partial charge on any atom is -0.492 e. The Kier molecular flexibility index (Phi) is 6.49. The first kappa shape index (κ1) is 18.6. The van der Waals surface area contributed by atoms with Gasteiger partial charge >= 0.3 is 0 Å². The van der Waals surface area contributed by atoms with Gasteiger partial charge in [0.1, 0.15) is 12.4 Å². The number of aliphatic imine (C=N–C) groups is 1. The van der Waals surface area contributed by atoms with Crippen LogP contribution in [0.5, 0.6) is 5.75 Å². The second-order valence-corrected chi connectivity index (χ2v) is 7.54. The predicted molar refractivity (Wildman–Crippen MR) is 101 cm³/mol. The van der Waals surface area contributed by atoms with E-state index in [-0.39, 0.29) is 0 Å². The van der Waals surface area contributed by atoms with Gasteiger partial charge in [0.25, 0.3) is 0 Å². The molecule has 0 aliphatic carbocycles. The first-order chi connectivity index (χ1) is 11.4. The zero-order valence-electron chi connectivity index (χ0n) is 15.8. The summed E-state index contributed by atoms with van der Waals surface area (Å²) in [5, 5.41) is 3.48. The number of nitrogens with one attached hydrogen (secondary N) is 1. The van der Waals surface area contributed by atoms with Gasteiger partial charge in [0.2, 0.25) is 0 Å². The molecule has 1 aromatic rings. The van der Waals surface area contributed by atoms with Crippen LogP contribution in [-0.2, 0) is 6.54 Å². The number of nitrogens with zero attached hydrogens (tertiary/aromatic N) is 3. The molecule has 1 saturated heterocycles. The standard InChI is InChI=1S/C19H32N4O/c1-19(2)9-10-23(15-19)18(20-3)21-14-16-7-6-8-17(13-16)24-12-11-22(4)5/h6-8,13H,9-12,14-15H2,1-5H3,(H,20,21). The van der Waals surface area contributed by atoms with Crippen LogP contribution in [0.15, 0.2) is 29.3 Å². The molecule has 0 saturated carbocycles. The molecule has 0 atom stereocenters. The molecule has 5 heteroatoms. The van der Waals surface area contributed by atoms with Gasteiger partial charge in [0.05, 0.1) is 0 Å². The van der Waals surface area contributed by atoms with Crippen LogP contribution in [0, 0.1) is 5.41 Å². The molecule has 0 aromatic heterocycles. The number of ether oxygens (including phenoxy) is 1. The van der Waals surface area contributed by atoms with E-state index in [2.05, 4.69) is 60.2 Å². The number of likely N-dealkylation sites (tertiary alicyclic amines) is 1. The van der Waals surface area contributed by atoms with Crippen molar-refractivity contribution in [2.75, 3.05) is 47.4 Å². The maximum Gasteiger partial charge on any atom is 0.193 e. The predicted octanol–water partition coefficient (Wildman–Crippen LogP) is 2.43. The summed E-state index contributed by atoms with van der Waals surface area (Å²) in [4.78, 5) is 8.90. The van der Waals surface area contributed by atoms with Crippen molar-refractivity contribution >= 4 is 5.96 Å². The lowest BCUT2D eigenvalue weighted by Gasteiger charge is -2.23. The highest BCUT2D eigenvalue weighted by atomic mass is 16.5. The first-order valence-electron chi connectivity index (χ1n) is 8.72. The molecule has 1 aliphatic rings. The number of rotatable bonds is 6. The third-order valence-electron chi connectivity index (χ3n) is 4.35. The van der Waals surface area contributed by atoms with Crippen LogP contribution in [0.4, 0.5) is 0 Å². The molecule has 5 nitrogen and oxygen atoms in total. The van der Waals surface area contributed by atoms with E-state index in [0.717, 1.165) is 37.9 Å². The number of benzene rings is 1. The summed E-state index contributed by atoms with van der Waals surface area (Å²) >= 11 is 0. The van der Waals surface area contributed by atoms with Gasteiger partial charge in [-0.25, -0.2) is 0 Å². The van der Waals surface area contributed by atoms with Gasteiger partial charge < -0.3 is 19.9 Å². The van der Waals surface area contributed by atoms with Crippen molar-refractivity contribution in [3.05, 3.63) is 29.8 Å². The molecule has 1 N–H and O–H groups in total. The van der Waals surface area contributed by atoms with Gasteiger partial charge in [-0.1, -0.05) is 26.0 Å². The number of guanidine groups is 1. The van der Waals surface area contributed by atoms with Crippen LogP contribution in [0.3, 0.4) is 0 Å². The number of likely N-dealkylation sites (N-methyl/N-ethyl adjacent to an activating group) is 1. The van der Waals surface area contributed by atoms with Gasteiger partial charge in [-0.3, -0.25) is 4.99 Å².